The number of ketones is 1. The van der Waals surface area contributed by atoms with Gasteiger partial charge in [0.2, 0.25) is 0 Å². The van der Waals surface area contributed by atoms with Crippen LogP contribution in [0.25, 0.3) is 0 Å². The molecule has 82 valence electrons. The van der Waals surface area contributed by atoms with Crippen molar-refractivity contribution in [3.05, 3.63) is 33.8 Å². The molecule has 0 aliphatic heterocycles. The molecule has 0 unspecified atom stereocenters. The number of benzene rings is 1. The predicted octanol–water partition coefficient (Wildman–Crippen LogP) is 3.60. The molecule has 1 rings (SSSR count). The number of Topliss-reactive ketones (excluding diaryl/α,β-unsaturated/α-hetero) is 1. The summed E-state index contributed by atoms with van der Waals surface area (Å²) < 4.78 is 5.10. The first-order chi connectivity index (χ1) is 6.88. The summed E-state index contributed by atoms with van der Waals surface area (Å²) >= 11 is 11.7. The van der Waals surface area contributed by atoms with Gasteiger partial charge in [-0.2, -0.15) is 0 Å². The van der Waals surface area contributed by atoms with Gasteiger partial charge in [0.25, 0.3) is 0 Å². The van der Waals surface area contributed by atoms with E-state index in [0.29, 0.717) is 15.6 Å². The molecular weight excluding hydrogens is 235 g/mol. The molecular formula is C11H12Cl2O2. The molecule has 0 amide bonds. The van der Waals surface area contributed by atoms with Crippen LogP contribution in [-0.2, 0) is 4.74 Å². The largest absolute Gasteiger partial charge is 0.371 e. The molecule has 0 bridgehead atoms. The number of carbonyl (C=O) groups excluding carboxylic acids is 1. The van der Waals surface area contributed by atoms with E-state index in [-0.39, 0.29) is 5.78 Å². The lowest BCUT2D eigenvalue weighted by Crippen LogP contribution is -2.33. The number of carbonyl (C=O) groups is 1. The molecule has 0 aromatic heterocycles. The lowest BCUT2D eigenvalue weighted by atomic mass is 9.96. The molecule has 0 N–H and O–H groups in total. The Labute approximate surface area is 99.1 Å². The zero-order chi connectivity index (χ0) is 11.6. The van der Waals surface area contributed by atoms with Gasteiger partial charge in [-0.25, -0.2) is 0 Å². The topological polar surface area (TPSA) is 26.3 Å². The summed E-state index contributed by atoms with van der Waals surface area (Å²) in [6.45, 7) is 3.37. The summed E-state index contributed by atoms with van der Waals surface area (Å²) in [5, 5.41) is 0.865. The Balaban J connectivity index is 3.17. The van der Waals surface area contributed by atoms with E-state index in [2.05, 4.69) is 0 Å². The van der Waals surface area contributed by atoms with Crippen molar-refractivity contribution in [2.75, 3.05) is 7.11 Å². The normalized spacial score (nSPS) is 11.5. The van der Waals surface area contributed by atoms with Crippen LogP contribution in [0.4, 0.5) is 0 Å². The van der Waals surface area contributed by atoms with Gasteiger partial charge in [-0.3, -0.25) is 4.79 Å². The zero-order valence-electron chi connectivity index (χ0n) is 8.80. The SMILES string of the molecule is COC(C)(C)C(=O)c1cc(Cl)ccc1Cl. The molecule has 4 heteroatoms. The molecule has 15 heavy (non-hydrogen) atoms. The van der Waals surface area contributed by atoms with Gasteiger partial charge in [-0.05, 0) is 32.0 Å². The Kier molecular flexibility index (Phi) is 3.77. The maximum absolute atomic E-state index is 12.0. The molecule has 2 nitrogen and oxygen atoms in total. The van der Waals surface area contributed by atoms with Crippen LogP contribution in [0.3, 0.4) is 0 Å². The van der Waals surface area contributed by atoms with Crippen LogP contribution in [0.5, 0.6) is 0 Å². The van der Waals surface area contributed by atoms with Gasteiger partial charge >= 0.3 is 0 Å². The van der Waals surface area contributed by atoms with Gasteiger partial charge in [0.15, 0.2) is 5.78 Å². The number of rotatable bonds is 3. The minimum Gasteiger partial charge on any atom is -0.371 e. The minimum atomic E-state index is -0.895. The van der Waals surface area contributed by atoms with Crippen LogP contribution in [0.2, 0.25) is 10.0 Å². The van der Waals surface area contributed by atoms with E-state index in [9.17, 15) is 4.79 Å². The van der Waals surface area contributed by atoms with Gasteiger partial charge < -0.3 is 4.74 Å². The third-order valence-electron chi connectivity index (χ3n) is 2.23. The van der Waals surface area contributed by atoms with Gasteiger partial charge in [0.05, 0.1) is 5.02 Å². The van der Waals surface area contributed by atoms with Crippen LogP contribution in [-0.4, -0.2) is 18.5 Å². The van der Waals surface area contributed by atoms with Gasteiger partial charge in [0.1, 0.15) is 5.60 Å². The molecule has 0 aliphatic carbocycles. The maximum atomic E-state index is 12.0. The number of ether oxygens (including phenoxy) is 1. The lowest BCUT2D eigenvalue weighted by molar-refractivity contribution is 0.0228. The van der Waals surface area contributed by atoms with Crippen molar-refractivity contribution in [2.45, 2.75) is 19.4 Å². The first kappa shape index (κ1) is 12.5. The second-order valence-corrected chi connectivity index (χ2v) is 4.51. The molecule has 0 saturated heterocycles. The quantitative estimate of drug-likeness (QED) is 0.763. The molecule has 1 aromatic rings. The third kappa shape index (κ3) is 2.71. The summed E-state index contributed by atoms with van der Waals surface area (Å²) in [6, 6.07) is 4.79. The number of hydrogen-bond donors (Lipinski definition) is 0. The Morgan fingerprint density at radius 2 is 1.93 bits per heavy atom. The van der Waals surface area contributed by atoms with Crippen LogP contribution in [0.1, 0.15) is 24.2 Å². The second kappa shape index (κ2) is 4.52. The molecule has 0 heterocycles. The Hall–Kier alpha value is -0.570. The highest BCUT2D eigenvalue weighted by molar-refractivity contribution is 6.36. The Bertz CT molecular complexity index is 386. The molecule has 0 saturated carbocycles. The average Bonchev–Trinajstić information content (AvgIpc) is 2.20. The molecule has 0 spiro atoms. The number of hydrogen-bond acceptors (Lipinski definition) is 2. The first-order valence-corrected chi connectivity index (χ1v) is 5.19. The average molecular weight is 247 g/mol. The van der Waals surface area contributed by atoms with Crippen molar-refractivity contribution < 1.29 is 9.53 Å². The van der Waals surface area contributed by atoms with E-state index in [4.69, 9.17) is 27.9 Å². The van der Waals surface area contributed by atoms with Crippen LogP contribution in [0, 0.1) is 0 Å². The molecule has 0 atom stereocenters. The number of halogens is 2. The fraction of sp³-hybridized carbons (Fsp3) is 0.364. The molecule has 1 aromatic carbocycles. The van der Waals surface area contributed by atoms with E-state index in [0.717, 1.165) is 0 Å². The van der Waals surface area contributed by atoms with Gasteiger partial charge in [0, 0.05) is 17.7 Å². The van der Waals surface area contributed by atoms with Crippen LogP contribution >= 0.6 is 23.2 Å². The lowest BCUT2D eigenvalue weighted by Gasteiger charge is -2.21. The van der Waals surface area contributed by atoms with Crippen molar-refractivity contribution in [1.82, 2.24) is 0 Å². The summed E-state index contributed by atoms with van der Waals surface area (Å²) in [5.74, 6) is -0.183. The van der Waals surface area contributed by atoms with E-state index in [1.54, 1.807) is 32.0 Å². The van der Waals surface area contributed by atoms with Gasteiger partial charge in [-0.15, -0.1) is 0 Å². The van der Waals surface area contributed by atoms with Crippen LogP contribution in [0.15, 0.2) is 18.2 Å². The van der Waals surface area contributed by atoms with Crippen molar-refractivity contribution >= 4 is 29.0 Å². The van der Waals surface area contributed by atoms with E-state index in [1.165, 1.54) is 7.11 Å². The monoisotopic (exact) mass is 246 g/mol. The van der Waals surface area contributed by atoms with Crippen molar-refractivity contribution in [3.63, 3.8) is 0 Å². The smallest absolute Gasteiger partial charge is 0.195 e. The summed E-state index contributed by atoms with van der Waals surface area (Å²) in [6.07, 6.45) is 0. The Morgan fingerprint density at radius 1 is 1.33 bits per heavy atom. The molecule has 0 radical (unpaired) electrons. The minimum absolute atomic E-state index is 0.183. The zero-order valence-corrected chi connectivity index (χ0v) is 10.3. The summed E-state index contributed by atoms with van der Waals surface area (Å²) in [7, 11) is 1.48. The maximum Gasteiger partial charge on any atom is 0.195 e. The highest BCUT2D eigenvalue weighted by Gasteiger charge is 2.29. The highest BCUT2D eigenvalue weighted by atomic mass is 35.5. The van der Waals surface area contributed by atoms with E-state index >= 15 is 0 Å². The van der Waals surface area contributed by atoms with Crippen molar-refractivity contribution in [2.24, 2.45) is 0 Å². The second-order valence-electron chi connectivity index (χ2n) is 3.67. The third-order valence-corrected chi connectivity index (χ3v) is 2.79. The van der Waals surface area contributed by atoms with E-state index < -0.39 is 5.60 Å². The fourth-order valence-corrected chi connectivity index (χ4v) is 1.46. The molecule has 0 fully saturated rings. The Morgan fingerprint density at radius 3 is 2.47 bits per heavy atom. The standard InChI is InChI=1S/C11H12Cl2O2/c1-11(2,15-3)10(14)8-6-7(12)4-5-9(8)13/h4-6H,1-3H3. The van der Waals surface area contributed by atoms with Crippen LogP contribution < -0.4 is 0 Å². The number of methoxy groups -OCH3 is 1. The van der Waals surface area contributed by atoms with Gasteiger partial charge in [-0.1, -0.05) is 23.2 Å². The fourth-order valence-electron chi connectivity index (χ4n) is 1.09. The van der Waals surface area contributed by atoms with E-state index in [1.807, 2.05) is 0 Å². The summed E-state index contributed by atoms with van der Waals surface area (Å²) in [4.78, 5) is 12.0. The predicted molar refractivity (Wildman–Crippen MR) is 61.9 cm³/mol. The molecule has 0 aliphatic rings. The highest BCUT2D eigenvalue weighted by Crippen LogP contribution is 2.25. The first-order valence-electron chi connectivity index (χ1n) is 4.43. The van der Waals surface area contributed by atoms with Crippen molar-refractivity contribution in [3.8, 4) is 0 Å². The van der Waals surface area contributed by atoms with Crippen molar-refractivity contribution in [1.29, 1.82) is 0 Å². The summed E-state index contributed by atoms with van der Waals surface area (Å²) in [5.41, 5.74) is -0.509.